The number of aromatic nitrogens is 1. The van der Waals surface area contributed by atoms with Crippen molar-refractivity contribution in [1.82, 2.24) is 10.3 Å². The second kappa shape index (κ2) is 8.29. The molecule has 1 aliphatic heterocycles. The number of hydrogen-bond acceptors (Lipinski definition) is 3. The lowest BCUT2D eigenvalue weighted by Gasteiger charge is -2.20. The summed E-state index contributed by atoms with van der Waals surface area (Å²) in [4.78, 5) is 28.1. The first-order chi connectivity index (χ1) is 15.2. The Morgan fingerprint density at radius 3 is 2.53 bits per heavy atom. The molecule has 1 atom stereocenters. The third-order valence-corrected chi connectivity index (χ3v) is 4.90. The summed E-state index contributed by atoms with van der Waals surface area (Å²) in [6.45, 7) is 0. The van der Waals surface area contributed by atoms with Crippen molar-refractivity contribution in [3.63, 3.8) is 0 Å². The summed E-state index contributed by atoms with van der Waals surface area (Å²) in [5.41, 5.74) is 0.930. The summed E-state index contributed by atoms with van der Waals surface area (Å²) >= 11 is 0. The highest BCUT2D eigenvalue weighted by molar-refractivity contribution is 6.00. The number of nitrogens with one attached hydrogen (secondary N) is 3. The number of halogens is 4. The van der Waals surface area contributed by atoms with E-state index in [1.807, 2.05) is 0 Å². The molecule has 1 aliphatic rings. The van der Waals surface area contributed by atoms with E-state index in [0.717, 1.165) is 35.9 Å². The van der Waals surface area contributed by atoms with Gasteiger partial charge in [-0.2, -0.15) is 13.2 Å². The molecule has 4 rings (SSSR count). The van der Waals surface area contributed by atoms with E-state index in [1.54, 1.807) is 18.2 Å². The summed E-state index contributed by atoms with van der Waals surface area (Å²) in [5, 5.41) is 7.80. The van der Waals surface area contributed by atoms with E-state index in [-0.39, 0.29) is 23.6 Å². The molecule has 2 heterocycles. The van der Waals surface area contributed by atoms with Gasteiger partial charge in [0.25, 0.3) is 0 Å². The van der Waals surface area contributed by atoms with Crippen LogP contribution in [0.5, 0.6) is 0 Å². The number of benzene rings is 2. The van der Waals surface area contributed by atoms with Crippen LogP contribution in [0.15, 0.2) is 60.8 Å². The summed E-state index contributed by atoms with van der Waals surface area (Å²) < 4.78 is 53.1. The van der Waals surface area contributed by atoms with Gasteiger partial charge < -0.3 is 16.0 Å². The highest BCUT2D eigenvalue weighted by Gasteiger charge is 2.31. The Kier molecular flexibility index (Phi) is 5.52. The standard InChI is InChI=1S/C22H16F4N4O2/c23-16-2-1-9-27-20(16)19(12-3-6-14(7-4-12)22(24,25)26)30-21(32)28-15-8-5-13-10-18(31)29-17(13)11-15/h1-9,11,19H,10H2,(H,29,31)(H2,28,30,32)/t19-/m0/s1. The van der Waals surface area contributed by atoms with Crippen LogP contribution in [-0.4, -0.2) is 16.9 Å². The highest BCUT2D eigenvalue weighted by atomic mass is 19.4. The summed E-state index contributed by atoms with van der Waals surface area (Å²) in [7, 11) is 0. The molecule has 3 aromatic rings. The molecule has 0 unspecified atom stereocenters. The molecular weight excluding hydrogens is 428 g/mol. The minimum Gasteiger partial charge on any atom is -0.325 e. The van der Waals surface area contributed by atoms with Crippen LogP contribution in [0.25, 0.3) is 0 Å². The predicted molar refractivity (Wildman–Crippen MR) is 108 cm³/mol. The van der Waals surface area contributed by atoms with E-state index < -0.39 is 29.6 Å². The molecular formula is C22H16F4N4O2. The van der Waals surface area contributed by atoms with Gasteiger partial charge in [0, 0.05) is 17.6 Å². The normalized spacial score (nSPS) is 13.8. The van der Waals surface area contributed by atoms with E-state index in [0.29, 0.717) is 11.4 Å². The Balaban J connectivity index is 1.58. The van der Waals surface area contributed by atoms with E-state index in [2.05, 4.69) is 20.9 Å². The van der Waals surface area contributed by atoms with Gasteiger partial charge in [-0.25, -0.2) is 9.18 Å². The second-order valence-electron chi connectivity index (χ2n) is 7.12. The molecule has 10 heteroatoms. The number of rotatable bonds is 4. The van der Waals surface area contributed by atoms with Crippen molar-refractivity contribution >= 4 is 23.3 Å². The fraction of sp³-hybridized carbons (Fsp3) is 0.136. The molecule has 0 aliphatic carbocycles. The third kappa shape index (κ3) is 4.53. The van der Waals surface area contributed by atoms with Gasteiger partial charge in [-0.1, -0.05) is 18.2 Å². The van der Waals surface area contributed by atoms with Crippen molar-refractivity contribution in [3.05, 3.63) is 89.0 Å². The molecule has 0 bridgehead atoms. The molecule has 0 fully saturated rings. The van der Waals surface area contributed by atoms with Crippen LogP contribution in [0.4, 0.5) is 33.7 Å². The first-order valence-corrected chi connectivity index (χ1v) is 9.48. The molecule has 0 radical (unpaired) electrons. The maximum Gasteiger partial charge on any atom is 0.416 e. The molecule has 0 saturated carbocycles. The molecule has 3 amide bonds. The number of amides is 3. The predicted octanol–water partition coefficient (Wildman–Crippen LogP) is 4.65. The Morgan fingerprint density at radius 2 is 1.84 bits per heavy atom. The van der Waals surface area contributed by atoms with E-state index in [4.69, 9.17) is 0 Å². The van der Waals surface area contributed by atoms with Crippen molar-refractivity contribution in [3.8, 4) is 0 Å². The average Bonchev–Trinajstić information content (AvgIpc) is 3.11. The van der Waals surface area contributed by atoms with Crippen molar-refractivity contribution in [2.45, 2.75) is 18.6 Å². The molecule has 3 N–H and O–H groups in total. The monoisotopic (exact) mass is 444 g/mol. The van der Waals surface area contributed by atoms with Crippen LogP contribution in [-0.2, 0) is 17.4 Å². The second-order valence-corrected chi connectivity index (χ2v) is 7.12. The van der Waals surface area contributed by atoms with Crippen LogP contribution in [0.2, 0.25) is 0 Å². The largest absolute Gasteiger partial charge is 0.416 e. The zero-order valence-corrected chi connectivity index (χ0v) is 16.3. The molecule has 0 spiro atoms. The topological polar surface area (TPSA) is 83.1 Å². The lowest BCUT2D eigenvalue weighted by atomic mass is 10.0. The Labute approximate surface area is 179 Å². The summed E-state index contributed by atoms with van der Waals surface area (Å²) in [6.07, 6.45) is -2.97. The minimum atomic E-state index is -4.53. The number of fused-ring (bicyclic) bond motifs is 1. The van der Waals surface area contributed by atoms with Gasteiger partial charge in [0.05, 0.1) is 12.0 Å². The molecule has 6 nitrogen and oxygen atoms in total. The molecule has 2 aromatic carbocycles. The number of urea groups is 1. The lowest BCUT2D eigenvalue weighted by Crippen LogP contribution is -2.34. The number of pyridine rings is 1. The van der Waals surface area contributed by atoms with Gasteiger partial charge in [0.1, 0.15) is 17.6 Å². The van der Waals surface area contributed by atoms with Crippen LogP contribution < -0.4 is 16.0 Å². The van der Waals surface area contributed by atoms with Crippen molar-refractivity contribution in [1.29, 1.82) is 0 Å². The zero-order valence-electron chi connectivity index (χ0n) is 16.3. The Morgan fingerprint density at radius 1 is 1.09 bits per heavy atom. The first kappa shape index (κ1) is 21.3. The zero-order chi connectivity index (χ0) is 22.9. The maximum absolute atomic E-state index is 14.4. The van der Waals surface area contributed by atoms with Gasteiger partial charge in [-0.15, -0.1) is 0 Å². The van der Waals surface area contributed by atoms with Crippen LogP contribution in [0.1, 0.15) is 28.4 Å². The summed E-state index contributed by atoms with van der Waals surface area (Å²) in [5.74, 6) is -0.882. The van der Waals surface area contributed by atoms with Gasteiger partial charge >= 0.3 is 12.2 Å². The smallest absolute Gasteiger partial charge is 0.325 e. The highest BCUT2D eigenvalue weighted by Crippen LogP contribution is 2.31. The molecule has 1 aromatic heterocycles. The third-order valence-electron chi connectivity index (χ3n) is 4.90. The number of carbonyl (C=O) groups is 2. The SMILES string of the molecule is O=C1Cc2ccc(NC(=O)N[C@@H](c3ccc(C(F)(F)F)cc3)c3ncccc3F)cc2N1. The Bertz CT molecular complexity index is 1180. The van der Waals surface area contributed by atoms with E-state index in [1.165, 1.54) is 12.3 Å². The number of hydrogen-bond donors (Lipinski definition) is 3. The van der Waals surface area contributed by atoms with E-state index >= 15 is 0 Å². The Hall–Kier alpha value is -3.95. The van der Waals surface area contributed by atoms with Crippen LogP contribution >= 0.6 is 0 Å². The van der Waals surface area contributed by atoms with Gasteiger partial charge in [-0.05, 0) is 47.5 Å². The first-order valence-electron chi connectivity index (χ1n) is 9.48. The maximum atomic E-state index is 14.4. The number of carbonyl (C=O) groups excluding carboxylic acids is 2. The fourth-order valence-corrected chi connectivity index (χ4v) is 3.37. The molecule has 164 valence electrons. The number of anilines is 2. The van der Waals surface area contributed by atoms with Crippen molar-refractivity contribution in [2.75, 3.05) is 10.6 Å². The number of nitrogens with zero attached hydrogens (tertiary/aromatic N) is 1. The van der Waals surface area contributed by atoms with Crippen LogP contribution in [0, 0.1) is 5.82 Å². The minimum absolute atomic E-state index is 0.149. The van der Waals surface area contributed by atoms with Gasteiger partial charge in [0.2, 0.25) is 5.91 Å². The lowest BCUT2D eigenvalue weighted by molar-refractivity contribution is -0.137. The van der Waals surface area contributed by atoms with E-state index in [9.17, 15) is 27.2 Å². The number of alkyl halides is 3. The van der Waals surface area contributed by atoms with Crippen molar-refractivity contribution < 1.29 is 27.2 Å². The van der Waals surface area contributed by atoms with Gasteiger partial charge in [0.15, 0.2) is 0 Å². The van der Waals surface area contributed by atoms with Crippen molar-refractivity contribution in [2.24, 2.45) is 0 Å². The van der Waals surface area contributed by atoms with Crippen LogP contribution in [0.3, 0.4) is 0 Å². The molecule has 0 saturated heterocycles. The quantitative estimate of drug-likeness (QED) is 0.513. The molecule has 32 heavy (non-hydrogen) atoms. The fourth-order valence-electron chi connectivity index (χ4n) is 3.37. The average molecular weight is 444 g/mol. The van der Waals surface area contributed by atoms with Gasteiger partial charge in [-0.3, -0.25) is 9.78 Å². The summed E-state index contributed by atoms with van der Waals surface area (Å²) in [6, 6.07) is 9.52.